The molecule has 0 aromatic heterocycles. The summed E-state index contributed by atoms with van der Waals surface area (Å²) in [6.07, 6.45) is 11.6. The lowest BCUT2D eigenvalue weighted by Crippen LogP contribution is -1.92. The van der Waals surface area contributed by atoms with E-state index in [0.29, 0.717) is 18.6 Å². The molecular weight excluding hydrogens is 148 g/mol. The molecule has 0 rings (SSSR count). The molecule has 0 heterocycles. The summed E-state index contributed by atoms with van der Waals surface area (Å²) < 4.78 is 0. The van der Waals surface area contributed by atoms with Crippen molar-refractivity contribution in [3.05, 3.63) is 37.0 Å². The number of allylic oxidation sites excluding steroid dienone is 5. The first kappa shape index (κ1) is 10.9. The number of hydrogen-bond donors (Lipinski definition) is 0. The van der Waals surface area contributed by atoms with Gasteiger partial charge in [0, 0.05) is 12.8 Å². The zero-order chi connectivity index (χ0) is 9.23. The molecule has 0 spiro atoms. The Morgan fingerprint density at radius 1 is 1.33 bits per heavy atom. The summed E-state index contributed by atoms with van der Waals surface area (Å²) in [5.41, 5.74) is 0. The van der Waals surface area contributed by atoms with Crippen molar-refractivity contribution in [3.63, 3.8) is 0 Å². The third kappa shape index (κ3) is 7.00. The normalized spacial score (nSPS) is 11.1. The predicted octanol–water partition coefficient (Wildman–Crippen LogP) is 3.04. The topological polar surface area (TPSA) is 17.1 Å². The lowest BCUT2D eigenvalue weighted by molar-refractivity contribution is -0.118. The van der Waals surface area contributed by atoms with Gasteiger partial charge in [-0.25, -0.2) is 0 Å². The monoisotopic (exact) mass is 164 g/mol. The average Bonchev–Trinajstić information content (AvgIpc) is 2.10. The van der Waals surface area contributed by atoms with Gasteiger partial charge in [0.1, 0.15) is 5.78 Å². The Labute approximate surface area is 74.5 Å². The van der Waals surface area contributed by atoms with Crippen LogP contribution in [0.3, 0.4) is 0 Å². The van der Waals surface area contributed by atoms with Gasteiger partial charge < -0.3 is 0 Å². The smallest absolute Gasteiger partial charge is 0.132 e. The van der Waals surface area contributed by atoms with E-state index in [1.165, 1.54) is 0 Å². The molecule has 0 fully saturated rings. The van der Waals surface area contributed by atoms with Crippen LogP contribution in [0.25, 0.3) is 0 Å². The van der Waals surface area contributed by atoms with Gasteiger partial charge in [0.05, 0.1) is 0 Å². The zero-order valence-electron chi connectivity index (χ0n) is 7.62. The number of rotatable bonds is 6. The van der Waals surface area contributed by atoms with Crippen LogP contribution in [0.4, 0.5) is 0 Å². The molecule has 0 atom stereocenters. The molecular formula is C11H16O. The van der Waals surface area contributed by atoms with Crippen LogP contribution in [-0.4, -0.2) is 5.78 Å². The molecule has 0 aliphatic rings. The van der Waals surface area contributed by atoms with Gasteiger partial charge in [-0.1, -0.05) is 43.9 Å². The maximum absolute atomic E-state index is 10.8. The van der Waals surface area contributed by atoms with Gasteiger partial charge in [0.2, 0.25) is 0 Å². The molecule has 12 heavy (non-hydrogen) atoms. The summed E-state index contributed by atoms with van der Waals surface area (Å²) >= 11 is 0. The molecule has 1 heteroatoms. The highest BCUT2D eigenvalue weighted by Crippen LogP contribution is 1.95. The maximum atomic E-state index is 10.8. The van der Waals surface area contributed by atoms with Crippen LogP contribution in [0.15, 0.2) is 37.0 Å². The standard InChI is InChI=1S/C11H16O/c1-3-5-6-7-8-9-10-11(12)4-2/h3,5-8H,1,4,9-10H2,2H3. The molecule has 0 N–H and O–H groups in total. The van der Waals surface area contributed by atoms with Crippen LogP contribution in [-0.2, 0) is 4.79 Å². The van der Waals surface area contributed by atoms with Crippen molar-refractivity contribution < 1.29 is 4.79 Å². The minimum atomic E-state index is 0.326. The fourth-order valence-electron chi connectivity index (χ4n) is 0.739. The third-order valence-electron chi connectivity index (χ3n) is 1.48. The van der Waals surface area contributed by atoms with Gasteiger partial charge in [0.25, 0.3) is 0 Å². The number of Topliss-reactive ketones (excluding diaryl/α,β-unsaturated/α-hetero) is 1. The molecule has 0 aliphatic carbocycles. The Bertz CT molecular complexity index is 187. The molecule has 0 aromatic carbocycles. The highest BCUT2D eigenvalue weighted by molar-refractivity contribution is 5.78. The van der Waals surface area contributed by atoms with E-state index in [2.05, 4.69) is 6.58 Å². The fraction of sp³-hybridized carbons (Fsp3) is 0.364. The molecule has 0 bridgehead atoms. The van der Waals surface area contributed by atoms with Crippen molar-refractivity contribution in [1.29, 1.82) is 0 Å². The Balaban J connectivity index is 3.42. The molecule has 0 aromatic rings. The molecule has 1 nitrogen and oxygen atoms in total. The van der Waals surface area contributed by atoms with E-state index in [0.717, 1.165) is 6.42 Å². The molecule has 0 unspecified atom stereocenters. The molecule has 0 aliphatic heterocycles. The van der Waals surface area contributed by atoms with E-state index in [4.69, 9.17) is 0 Å². The third-order valence-corrected chi connectivity index (χ3v) is 1.48. The van der Waals surface area contributed by atoms with E-state index in [1.54, 1.807) is 6.08 Å². The minimum absolute atomic E-state index is 0.326. The van der Waals surface area contributed by atoms with Crippen LogP contribution in [0.1, 0.15) is 26.2 Å². The van der Waals surface area contributed by atoms with Gasteiger partial charge in [-0.15, -0.1) is 0 Å². The molecule has 0 radical (unpaired) electrons. The average molecular weight is 164 g/mol. The molecule has 0 saturated carbocycles. The van der Waals surface area contributed by atoms with Crippen molar-refractivity contribution in [3.8, 4) is 0 Å². The predicted molar refractivity (Wildman–Crippen MR) is 53.0 cm³/mol. The Hall–Kier alpha value is -1.11. The Kier molecular flexibility index (Phi) is 7.25. The highest BCUT2D eigenvalue weighted by Gasteiger charge is 1.93. The first-order valence-electron chi connectivity index (χ1n) is 4.27. The van der Waals surface area contributed by atoms with Crippen LogP contribution in [0.5, 0.6) is 0 Å². The second kappa shape index (κ2) is 7.99. The molecule has 0 amide bonds. The van der Waals surface area contributed by atoms with Gasteiger partial charge in [-0.2, -0.15) is 0 Å². The van der Waals surface area contributed by atoms with Crippen molar-refractivity contribution in [1.82, 2.24) is 0 Å². The van der Waals surface area contributed by atoms with Crippen LogP contribution in [0.2, 0.25) is 0 Å². The van der Waals surface area contributed by atoms with Crippen molar-refractivity contribution in [2.75, 3.05) is 0 Å². The second-order valence-corrected chi connectivity index (χ2v) is 2.48. The first-order valence-corrected chi connectivity index (χ1v) is 4.27. The summed E-state index contributed by atoms with van der Waals surface area (Å²) in [6.45, 7) is 5.44. The number of ketones is 1. The largest absolute Gasteiger partial charge is 0.300 e. The van der Waals surface area contributed by atoms with Crippen LogP contribution < -0.4 is 0 Å². The molecule has 66 valence electrons. The number of carbonyl (C=O) groups excluding carboxylic acids is 1. The van der Waals surface area contributed by atoms with Crippen molar-refractivity contribution >= 4 is 5.78 Å². The van der Waals surface area contributed by atoms with Crippen molar-refractivity contribution in [2.24, 2.45) is 0 Å². The van der Waals surface area contributed by atoms with Gasteiger partial charge in [0.15, 0.2) is 0 Å². The van der Waals surface area contributed by atoms with E-state index < -0.39 is 0 Å². The van der Waals surface area contributed by atoms with Crippen molar-refractivity contribution in [2.45, 2.75) is 26.2 Å². The van der Waals surface area contributed by atoms with E-state index in [9.17, 15) is 4.79 Å². The maximum Gasteiger partial charge on any atom is 0.132 e. The van der Waals surface area contributed by atoms with Gasteiger partial charge >= 0.3 is 0 Å². The SMILES string of the molecule is C=CC=CC=CCCC(=O)CC. The lowest BCUT2D eigenvalue weighted by Gasteiger charge is -1.89. The molecule has 0 saturated heterocycles. The van der Waals surface area contributed by atoms with E-state index >= 15 is 0 Å². The summed E-state index contributed by atoms with van der Waals surface area (Å²) in [6, 6.07) is 0. The second-order valence-electron chi connectivity index (χ2n) is 2.48. The highest BCUT2D eigenvalue weighted by atomic mass is 16.1. The Morgan fingerprint density at radius 2 is 2.08 bits per heavy atom. The summed E-state index contributed by atoms with van der Waals surface area (Å²) in [4.78, 5) is 10.8. The minimum Gasteiger partial charge on any atom is -0.300 e. The fourth-order valence-corrected chi connectivity index (χ4v) is 0.739. The Morgan fingerprint density at radius 3 is 2.67 bits per heavy atom. The van der Waals surface area contributed by atoms with Crippen LogP contribution in [0, 0.1) is 0 Å². The van der Waals surface area contributed by atoms with Gasteiger partial charge in [-0.3, -0.25) is 4.79 Å². The number of hydrogen-bond acceptors (Lipinski definition) is 1. The zero-order valence-corrected chi connectivity index (χ0v) is 7.62. The first-order chi connectivity index (χ1) is 5.81. The quantitative estimate of drug-likeness (QED) is 0.551. The van der Waals surface area contributed by atoms with E-state index in [-0.39, 0.29) is 0 Å². The summed E-state index contributed by atoms with van der Waals surface area (Å²) in [5, 5.41) is 0. The summed E-state index contributed by atoms with van der Waals surface area (Å²) in [7, 11) is 0. The van der Waals surface area contributed by atoms with Crippen LogP contribution >= 0.6 is 0 Å². The van der Waals surface area contributed by atoms with E-state index in [1.807, 2.05) is 31.2 Å². The van der Waals surface area contributed by atoms with Gasteiger partial charge in [-0.05, 0) is 6.42 Å². The summed E-state index contributed by atoms with van der Waals surface area (Å²) in [5.74, 6) is 0.326. The lowest BCUT2D eigenvalue weighted by atomic mass is 10.2. The number of carbonyl (C=O) groups is 1.